The van der Waals surface area contributed by atoms with Gasteiger partial charge in [-0.3, -0.25) is 4.68 Å². The first-order chi connectivity index (χ1) is 9.61. The molecule has 0 amide bonds. The van der Waals surface area contributed by atoms with Crippen LogP contribution in [0.4, 0.5) is 0 Å². The number of fused-ring (bicyclic) bond motifs is 1. The van der Waals surface area contributed by atoms with E-state index in [1.807, 2.05) is 24.7 Å². The Bertz CT molecular complexity index is 802. The minimum atomic E-state index is -1.04. The molecule has 0 saturated heterocycles. The number of carbonyl (C=O) groups is 1. The van der Waals surface area contributed by atoms with E-state index in [1.165, 1.54) is 10.7 Å². The fourth-order valence-electron chi connectivity index (χ4n) is 2.18. The smallest absolute Gasteiger partial charge is 0.341 e. The van der Waals surface area contributed by atoms with Gasteiger partial charge in [-0.15, -0.1) is 0 Å². The molecule has 0 spiro atoms. The number of aryl methyl sites for hydroxylation is 2. The van der Waals surface area contributed by atoms with E-state index in [1.54, 1.807) is 12.3 Å². The van der Waals surface area contributed by atoms with Gasteiger partial charge in [0, 0.05) is 24.5 Å². The highest BCUT2D eigenvalue weighted by Crippen LogP contribution is 2.23. The van der Waals surface area contributed by atoms with E-state index in [0.717, 1.165) is 23.5 Å². The molecular weight excluding hydrogens is 258 g/mol. The average Bonchev–Trinajstić information content (AvgIpc) is 3.01. The summed E-state index contributed by atoms with van der Waals surface area (Å²) in [5.74, 6) is -1.04. The van der Waals surface area contributed by atoms with Crippen molar-refractivity contribution in [3.05, 3.63) is 35.9 Å². The lowest BCUT2D eigenvalue weighted by molar-refractivity contribution is 0.0699. The predicted molar refractivity (Wildman–Crippen MR) is 71.6 cm³/mol. The molecule has 0 radical (unpaired) electrons. The number of aromatic carboxylic acids is 1. The lowest BCUT2D eigenvalue weighted by atomic mass is 10.2. The van der Waals surface area contributed by atoms with E-state index in [-0.39, 0.29) is 5.56 Å². The van der Waals surface area contributed by atoms with Gasteiger partial charge in [-0.1, -0.05) is 0 Å². The molecule has 1 N–H and O–H groups in total. The normalized spacial score (nSPS) is 11.1. The van der Waals surface area contributed by atoms with Gasteiger partial charge in [-0.2, -0.15) is 10.2 Å². The van der Waals surface area contributed by atoms with Gasteiger partial charge in [-0.05, 0) is 19.9 Å². The number of rotatable bonds is 3. The van der Waals surface area contributed by atoms with Crippen molar-refractivity contribution in [2.24, 2.45) is 0 Å². The topological polar surface area (TPSA) is 85.3 Å². The van der Waals surface area contributed by atoms with Crippen molar-refractivity contribution < 1.29 is 9.90 Å². The third-order valence-electron chi connectivity index (χ3n) is 3.18. The zero-order valence-electron chi connectivity index (χ0n) is 11.1. The molecule has 7 heteroatoms. The third kappa shape index (κ3) is 1.75. The van der Waals surface area contributed by atoms with Crippen LogP contribution >= 0.6 is 0 Å². The summed E-state index contributed by atoms with van der Waals surface area (Å²) in [5, 5.41) is 17.6. The summed E-state index contributed by atoms with van der Waals surface area (Å²) in [4.78, 5) is 15.2. The minimum Gasteiger partial charge on any atom is -0.477 e. The number of hydrogen-bond donors (Lipinski definition) is 1. The molecule has 20 heavy (non-hydrogen) atoms. The van der Waals surface area contributed by atoms with Crippen LogP contribution in [0.2, 0.25) is 0 Å². The summed E-state index contributed by atoms with van der Waals surface area (Å²) in [6.07, 6.45) is 4.82. The van der Waals surface area contributed by atoms with Gasteiger partial charge in [0.15, 0.2) is 5.65 Å². The van der Waals surface area contributed by atoms with Crippen LogP contribution in [0.25, 0.3) is 16.9 Å². The fourth-order valence-corrected chi connectivity index (χ4v) is 2.18. The molecule has 0 aliphatic carbocycles. The lowest BCUT2D eigenvalue weighted by Crippen LogP contribution is -1.99. The summed E-state index contributed by atoms with van der Waals surface area (Å²) in [5.41, 5.74) is 2.98. The second-order valence-electron chi connectivity index (χ2n) is 4.41. The maximum Gasteiger partial charge on any atom is 0.341 e. The highest BCUT2D eigenvalue weighted by atomic mass is 16.4. The van der Waals surface area contributed by atoms with Crippen molar-refractivity contribution in [3.63, 3.8) is 0 Å². The Labute approximate surface area is 114 Å². The monoisotopic (exact) mass is 271 g/mol. The molecular formula is C13H13N5O2. The van der Waals surface area contributed by atoms with Gasteiger partial charge in [0.1, 0.15) is 5.56 Å². The van der Waals surface area contributed by atoms with Crippen molar-refractivity contribution in [1.82, 2.24) is 24.4 Å². The maximum atomic E-state index is 11.1. The van der Waals surface area contributed by atoms with Crippen molar-refractivity contribution in [3.8, 4) is 11.3 Å². The van der Waals surface area contributed by atoms with Gasteiger partial charge in [0.05, 0.1) is 17.6 Å². The largest absolute Gasteiger partial charge is 0.477 e. The molecule has 0 atom stereocenters. The molecule has 0 aliphatic heterocycles. The van der Waals surface area contributed by atoms with Crippen LogP contribution in [-0.4, -0.2) is 35.5 Å². The summed E-state index contributed by atoms with van der Waals surface area (Å²) in [7, 11) is 0. The van der Waals surface area contributed by atoms with Crippen LogP contribution in [0.3, 0.4) is 0 Å². The van der Waals surface area contributed by atoms with E-state index < -0.39 is 5.97 Å². The molecule has 0 bridgehead atoms. The molecule has 0 fully saturated rings. The van der Waals surface area contributed by atoms with Gasteiger partial charge < -0.3 is 5.11 Å². The van der Waals surface area contributed by atoms with Crippen molar-refractivity contribution in [2.45, 2.75) is 20.4 Å². The first kappa shape index (κ1) is 12.3. The molecule has 0 aliphatic rings. The van der Waals surface area contributed by atoms with Crippen LogP contribution < -0.4 is 0 Å². The second-order valence-corrected chi connectivity index (χ2v) is 4.41. The fraction of sp³-hybridized carbons (Fsp3) is 0.231. The quantitative estimate of drug-likeness (QED) is 0.782. The number of carboxylic acid groups (broad SMARTS) is 1. The van der Waals surface area contributed by atoms with Gasteiger partial charge in [0.25, 0.3) is 0 Å². The zero-order chi connectivity index (χ0) is 14.3. The Morgan fingerprint density at radius 3 is 2.90 bits per heavy atom. The molecule has 0 unspecified atom stereocenters. The van der Waals surface area contributed by atoms with Gasteiger partial charge in [-0.25, -0.2) is 14.3 Å². The van der Waals surface area contributed by atoms with Crippen LogP contribution in [0, 0.1) is 6.92 Å². The standard InChI is InChI=1S/C13H13N5O2/c1-3-17-7-10(8(2)16-17)11-4-5-14-12-9(13(19)20)6-15-18(11)12/h4-7H,3H2,1-2H3,(H,19,20). The van der Waals surface area contributed by atoms with Crippen LogP contribution in [0.15, 0.2) is 24.7 Å². The molecule has 0 aromatic carbocycles. The molecule has 0 saturated carbocycles. The summed E-state index contributed by atoms with van der Waals surface area (Å²) in [6, 6.07) is 1.80. The summed E-state index contributed by atoms with van der Waals surface area (Å²) in [6.45, 7) is 4.69. The number of aromatic nitrogens is 5. The molecule has 3 aromatic heterocycles. The Hall–Kier alpha value is -2.70. The van der Waals surface area contributed by atoms with E-state index in [4.69, 9.17) is 5.11 Å². The van der Waals surface area contributed by atoms with Crippen molar-refractivity contribution in [2.75, 3.05) is 0 Å². The van der Waals surface area contributed by atoms with Crippen molar-refractivity contribution >= 4 is 11.6 Å². The maximum absolute atomic E-state index is 11.1. The molecule has 3 rings (SSSR count). The SMILES string of the molecule is CCn1cc(-c2ccnc3c(C(=O)O)cnn23)c(C)n1. The molecule has 3 heterocycles. The second kappa shape index (κ2) is 4.44. The van der Waals surface area contributed by atoms with Crippen LogP contribution in [0.1, 0.15) is 23.0 Å². The number of carboxylic acids is 1. The molecule has 7 nitrogen and oxygen atoms in total. The van der Waals surface area contributed by atoms with Crippen LogP contribution in [0.5, 0.6) is 0 Å². The van der Waals surface area contributed by atoms with E-state index in [9.17, 15) is 4.79 Å². The van der Waals surface area contributed by atoms with E-state index in [2.05, 4.69) is 15.2 Å². The van der Waals surface area contributed by atoms with Crippen LogP contribution in [-0.2, 0) is 6.54 Å². The first-order valence-corrected chi connectivity index (χ1v) is 6.22. The highest BCUT2D eigenvalue weighted by Gasteiger charge is 2.17. The summed E-state index contributed by atoms with van der Waals surface area (Å²) >= 11 is 0. The molecule has 102 valence electrons. The highest BCUT2D eigenvalue weighted by molar-refractivity contribution is 5.94. The predicted octanol–water partition coefficient (Wildman–Crippen LogP) is 1.62. The van der Waals surface area contributed by atoms with Gasteiger partial charge in [0.2, 0.25) is 0 Å². The number of nitrogens with zero attached hydrogens (tertiary/aromatic N) is 5. The Morgan fingerprint density at radius 2 is 2.25 bits per heavy atom. The Morgan fingerprint density at radius 1 is 1.45 bits per heavy atom. The lowest BCUT2D eigenvalue weighted by Gasteiger charge is -2.02. The van der Waals surface area contributed by atoms with E-state index in [0.29, 0.717) is 5.65 Å². The van der Waals surface area contributed by atoms with Gasteiger partial charge >= 0.3 is 5.97 Å². The Kier molecular flexibility index (Phi) is 2.74. The van der Waals surface area contributed by atoms with E-state index >= 15 is 0 Å². The zero-order valence-corrected chi connectivity index (χ0v) is 11.1. The van der Waals surface area contributed by atoms with Crippen molar-refractivity contribution in [1.29, 1.82) is 0 Å². The molecule has 3 aromatic rings. The third-order valence-corrected chi connectivity index (χ3v) is 3.18. The first-order valence-electron chi connectivity index (χ1n) is 6.22. The Balaban J connectivity index is 2.26. The number of hydrogen-bond acceptors (Lipinski definition) is 4. The minimum absolute atomic E-state index is 0.0902. The average molecular weight is 271 g/mol. The summed E-state index contributed by atoms with van der Waals surface area (Å²) < 4.78 is 3.37.